The van der Waals surface area contributed by atoms with E-state index in [0.717, 1.165) is 5.69 Å². The van der Waals surface area contributed by atoms with Crippen molar-refractivity contribution < 1.29 is 4.79 Å². The fourth-order valence-electron chi connectivity index (χ4n) is 2.28. The molecule has 0 unspecified atom stereocenters. The molecule has 1 aliphatic heterocycles. The van der Waals surface area contributed by atoms with Gasteiger partial charge in [0.25, 0.3) is 0 Å². The summed E-state index contributed by atoms with van der Waals surface area (Å²) in [4.78, 5) is 13.6. The van der Waals surface area contributed by atoms with Gasteiger partial charge in [0.15, 0.2) is 0 Å². The maximum Gasteiger partial charge on any atom is 0.230 e. The van der Waals surface area contributed by atoms with Crippen LogP contribution in [-0.2, 0) is 4.79 Å². The molecule has 2 aromatic carbocycles. The van der Waals surface area contributed by atoms with Crippen LogP contribution < -0.4 is 4.90 Å². The quantitative estimate of drug-likeness (QED) is 0.749. The topological polar surface area (TPSA) is 20.3 Å². The van der Waals surface area contributed by atoms with Crippen LogP contribution in [0.3, 0.4) is 0 Å². The molecule has 1 saturated heterocycles. The van der Waals surface area contributed by atoms with Gasteiger partial charge < -0.3 is 4.90 Å². The van der Waals surface area contributed by atoms with E-state index >= 15 is 0 Å². The molecule has 0 aliphatic carbocycles. The molecule has 90 valence electrons. The van der Waals surface area contributed by atoms with Gasteiger partial charge in [-0.05, 0) is 29.8 Å². The summed E-state index contributed by atoms with van der Waals surface area (Å²) in [5.41, 5.74) is 2.08. The molecule has 1 fully saturated rings. The van der Waals surface area contributed by atoms with Crippen molar-refractivity contribution in [1.29, 1.82) is 0 Å². The van der Waals surface area contributed by atoms with Crippen molar-refractivity contribution in [2.45, 2.75) is 12.5 Å². The lowest BCUT2D eigenvalue weighted by Crippen LogP contribution is -2.46. The van der Waals surface area contributed by atoms with Crippen LogP contribution in [-0.4, -0.2) is 5.91 Å². The summed E-state index contributed by atoms with van der Waals surface area (Å²) in [6.07, 6.45) is 0.576. The number of amides is 1. The maximum atomic E-state index is 11.8. The molecule has 1 atom stereocenters. The lowest BCUT2D eigenvalue weighted by Gasteiger charge is -2.40. The van der Waals surface area contributed by atoms with Gasteiger partial charge in [0.05, 0.1) is 12.5 Å². The Bertz CT molecular complexity index is 565. The highest BCUT2D eigenvalue weighted by Gasteiger charge is 2.37. The minimum atomic E-state index is 0.153. The molecule has 1 amide bonds. The Hall–Kier alpha value is -1.80. The van der Waals surface area contributed by atoms with E-state index in [0.29, 0.717) is 11.4 Å². The third kappa shape index (κ3) is 1.89. The highest BCUT2D eigenvalue weighted by Crippen LogP contribution is 2.38. The van der Waals surface area contributed by atoms with Crippen LogP contribution in [0, 0.1) is 0 Å². The molecule has 0 spiro atoms. The zero-order chi connectivity index (χ0) is 12.5. The predicted molar refractivity (Wildman–Crippen MR) is 72.7 cm³/mol. The Balaban J connectivity index is 1.91. The third-order valence-corrected chi connectivity index (χ3v) is 3.49. The van der Waals surface area contributed by atoms with Gasteiger partial charge in [-0.1, -0.05) is 41.9 Å². The fraction of sp³-hybridized carbons (Fsp3) is 0.133. The molecule has 3 heteroatoms. The minimum Gasteiger partial charge on any atom is -0.304 e. The standard InChI is InChI=1S/C15H12ClNO/c16-12-6-8-13(9-7-12)17-14(10-15(17)18)11-4-2-1-3-5-11/h1-9,14H,10H2/t14-/m0/s1. The van der Waals surface area contributed by atoms with Crippen LogP contribution in [0.4, 0.5) is 5.69 Å². The zero-order valence-corrected chi connectivity index (χ0v) is 10.5. The monoisotopic (exact) mass is 257 g/mol. The molecule has 0 saturated carbocycles. The highest BCUT2D eigenvalue weighted by molar-refractivity contribution is 6.30. The van der Waals surface area contributed by atoms with Crippen molar-refractivity contribution in [3.05, 3.63) is 65.2 Å². The summed E-state index contributed by atoms with van der Waals surface area (Å²) in [7, 11) is 0. The first-order chi connectivity index (χ1) is 8.75. The Morgan fingerprint density at radius 1 is 1.00 bits per heavy atom. The first kappa shape index (κ1) is 11.3. The Morgan fingerprint density at radius 2 is 1.67 bits per heavy atom. The molecule has 2 aromatic rings. The Morgan fingerprint density at radius 3 is 2.28 bits per heavy atom. The predicted octanol–water partition coefficient (Wildman–Crippen LogP) is 3.82. The second-order valence-corrected chi connectivity index (χ2v) is 4.81. The first-order valence-corrected chi connectivity index (χ1v) is 6.26. The van der Waals surface area contributed by atoms with E-state index in [9.17, 15) is 4.79 Å². The van der Waals surface area contributed by atoms with E-state index in [1.807, 2.05) is 47.4 Å². The lowest BCUT2D eigenvalue weighted by molar-refractivity contribution is -0.124. The number of carbonyl (C=O) groups is 1. The number of hydrogen-bond donors (Lipinski definition) is 0. The number of nitrogens with zero attached hydrogens (tertiary/aromatic N) is 1. The van der Waals surface area contributed by atoms with Gasteiger partial charge in [0.2, 0.25) is 5.91 Å². The van der Waals surface area contributed by atoms with Gasteiger partial charge in [-0.2, -0.15) is 0 Å². The number of rotatable bonds is 2. The van der Waals surface area contributed by atoms with Crippen LogP contribution in [0.15, 0.2) is 54.6 Å². The average Bonchev–Trinajstić information content (AvgIpc) is 2.39. The normalized spacial score (nSPS) is 18.6. The van der Waals surface area contributed by atoms with Crippen molar-refractivity contribution in [2.75, 3.05) is 4.90 Å². The molecule has 0 N–H and O–H groups in total. The van der Waals surface area contributed by atoms with E-state index in [-0.39, 0.29) is 11.9 Å². The van der Waals surface area contributed by atoms with E-state index in [1.54, 1.807) is 0 Å². The van der Waals surface area contributed by atoms with Gasteiger partial charge in [0.1, 0.15) is 0 Å². The summed E-state index contributed by atoms with van der Waals surface area (Å²) in [5, 5.41) is 0.683. The van der Waals surface area contributed by atoms with Crippen LogP contribution in [0.1, 0.15) is 18.0 Å². The Labute approximate surface area is 111 Å². The summed E-state index contributed by atoms with van der Waals surface area (Å²) in [6, 6.07) is 17.6. The fourth-order valence-corrected chi connectivity index (χ4v) is 2.41. The van der Waals surface area contributed by atoms with Crippen LogP contribution in [0.25, 0.3) is 0 Å². The molecule has 0 bridgehead atoms. The maximum absolute atomic E-state index is 11.8. The molecular weight excluding hydrogens is 246 g/mol. The Kier molecular flexibility index (Phi) is 2.80. The smallest absolute Gasteiger partial charge is 0.230 e. The summed E-state index contributed by atoms with van der Waals surface area (Å²) in [5.74, 6) is 0.158. The lowest BCUT2D eigenvalue weighted by atomic mass is 9.93. The van der Waals surface area contributed by atoms with Crippen LogP contribution >= 0.6 is 11.6 Å². The summed E-state index contributed by atoms with van der Waals surface area (Å²) >= 11 is 5.86. The summed E-state index contributed by atoms with van der Waals surface area (Å²) < 4.78 is 0. The van der Waals surface area contributed by atoms with Crippen LogP contribution in [0.2, 0.25) is 5.02 Å². The van der Waals surface area contributed by atoms with Gasteiger partial charge in [0, 0.05) is 10.7 Å². The SMILES string of the molecule is O=C1C[C@@H](c2ccccc2)N1c1ccc(Cl)cc1. The second kappa shape index (κ2) is 4.46. The summed E-state index contributed by atoms with van der Waals surface area (Å²) in [6.45, 7) is 0. The van der Waals surface area contributed by atoms with Crippen molar-refractivity contribution >= 4 is 23.2 Å². The molecule has 1 heterocycles. The van der Waals surface area contributed by atoms with Gasteiger partial charge in [-0.15, -0.1) is 0 Å². The highest BCUT2D eigenvalue weighted by atomic mass is 35.5. The minimum absolute atomic E-state index is 0.153. The molecule has 1 aliphatic rings. The van der Waals surface area contributed by atoms with Gasteiger partial charge in [-0.25, -0.2) is 0 Å². The number of hydrogen-bond acceptors (Lipinski definition) is 1. The molecule has 0 radical (unpaired) electrons. The van der Waals surface area contributed by atoms with Crippen molar-refractivity contribution in [3.63, 3.8) is 0 Å². The number of carbonyl (C=O) groups excluding carboxylic acids is 1. The van der Waals surface area contributed by atoms with Crippen LogP contribution in [0.5, 0.6) is 0 Å². The number of benzene rings is 2. The van der Waals surface area contributed by atoms with Crippen molar-refractivity contribution in [1.82, 2.24) is 0 Å². The number of anilines is 1. The molecule has 18 heavy (non-hydrogen) atoms. The number of β-lactam (4-membered cyclic amide) rings is 1. The molecule has 2 nitrogen and oxygen atoms in total. The van der Waals surface area contributed by atoms with E-state index < -0.39 is 0 Å². The average molecular weight is 258 g/mol. The van der Waals surface area contributed by atoms with Gasteiger partial charge >= 0.3 is 0 Å². The molecular formula is C15H12ClNO. The van der Waals surface area contributed by atoms with Crippen molar-refractivity contribution in [3.8, 4) is 0 Å². The second-order valence-electron chi connectivity index (χ2n) is 4.37. The zero-order valence-electron chi connectivity index (χ0n) is 9.71. The van der Waals surface area contributed by atoms with Crippen molar-refractivity contribution in [2.24, 2.45) is 0 Å². The molecule has 3 rings (SSSR count). The third-order valence-electron chi connectivity index (χ3n) is 3.24. The van der Waals surface area contributed by atoms with E-state index in [1.165, 1.54) is 5.56 Å². The largest absolute Gasteiger partial charge is 0.304 e. The first-order valence-electron chi connectivity index (χ1n) is 5.88. The van der Waals surface area contributed by atoms with E-state index in [2.05, 4.69) is 12.1 Å². The number of halogens is 1. The van der Waals surface area contributed by atoms with E-state index in [4.69, 9.17) is 11.6 Å². The molecule has 0 aromatic heterocycles. The van der Waals surface area contributed by atoms with Gasteiger partial charge in [-0.3, -0.25) is 4.79 Å².